The molecule has 32 heavy (non-hydrogen) atoms. The van der Waals surface area contributed by atoms with E-state index in [1.807, 2.05) is 6.07 Å². The molecular formula is C20H19F3N6O2S. The third-order valence-corrected chi connectivity index (χ3v) is 5.50. The number of amides is 1. The van der Waals surface area contributed by atoms with Crippen molar-refractivity contribution in [2.24, 2.45) is 10.7 Å². The fraction of sp³-hybridized carbons (Fsp3) is 0.350. The lowest BCUT2D eigenvalue weighted by molar-refractivity contribution is -0.173. The normalized spacial score (nSPS) is 20.8. The number of nitriles is 1. The molecule has 0 radical (unpaired) electrons. The number of pyridine rings is 2. The van der Waals surface area contributed by atoms with Crippen molar-refractivity contribution < 1.29 is 22.7 Å². The predicted molar refractivity (Wildman–Crippen MR) is 113 cm³/mol. The van der Waals surface area contributed by atoms with E-state index in [-0.39, 0.29) is 22.7 Å². The number of halogens is 3. The minimum Gasteiger partial charge on any atom is -0.379 e. The van der Waals surface area contributed by atoms with Gasteiger partial charge < -0.3 is 15.8 Å². The van der Waals surface area contributed by atoms with Crippen molar-refractivity contribution >= 4 is 28.5 Å². The van der Waals surface area contributed by atoms with Crippen LogP contribution in [0, 0.1) is 11.3 Å². The van der Waals surface area contributed by atoms with Gasteiger partial charge in [-0.05, 0) is 37.6 Å². The molecule has 2 aromatic rings. The molecule has 0 aromatic carbocycles. The summed E-state index contributed by atoms with van der Waals surface area (Å²) in [4.78, 5) is 25.2. The Bertz CT molecular complexity index is 1050. The first-order valence-electron chi connectivity index (χ1n) is 9.38. The number of thioether (sulfide) groups is 1. The van der Waals surface area contributed by atoms with Crippen molar-refractivity contribution in [2.75, 3.05) is 18.5 Å². The Morgan fingerprint density at radius 3 is 2.84 bits per heavy atom. The van der Waals surface area contributed by atoms with Gasteiger partial charge in [0.1, 0.15) is 23.9 Å². The number of anilines is 1. The zero-order chi connectivity index (χ0) is 23.4. The monoisotopic (exact) mass is 464 g/mol. The van der Waals surface area contributed by atoms with Crippen LogP contribution in [0.25, 0.3) is 0 Å². The summed E-state index contributed by atoms with van der Waals surface area (Å²) in [6, 6.07) is 8.06. The highest BCUT2D eigenvalue weighted by atomic mass is 32.2. The van der Waals surface area contributed by atoms with E-state index in [0.717, 1.165) is 11.8 Å². The summed E-state index contributed by atoms with van der Waals surface area (Å²) in [6.45, 7) is 0.296. The molecule has 1 aliphatic rings. The van der Waals surface area contributed by atoms with E-state index in [0.29, 0.717) is 23.4 Å². The molecule has 0 saturated heterocycles. The van der Waals surface area contributed by atoms with Crippen LogP contribution in [0.1, 0.15) is 35.1 Å². The fourth-order valence-electron chi connectivity index (χ4n) is 3.12. The number of alkyl halides is 3. The van der Waals surface area contributed by atoms with Gasteiger partial charge in [0.05, 0.1) is 17.9 Å². The number of rotatable bonds is 6. The van der Waals surface area contributed by atoms with Gasteiger partial charge in [-0.3, -0.25) is 9.78 Å². The Balaban J connectivity index is 1.72. The molecule has 8 nitrogen and oxygen atoms in total. The molecule has 2 aromatic heterocycles. The summed E-state index contributed by atoms with van der Waals surface area (Å²) in [7, 11) is 0. The summed E-state index contributed by atoms with van der Waals surface area (Å²) < 4.78 is 41.9. The van der Waals surface area contributed by atoms with E-state index < -0.39 is 24.2 Å². The maximum atomic E-state index is 12.4. The molecule has 0 unspecified atom stereocenters. The molecule has 1 amide bonds. The third-order valence-electron chi connectivity index (χ3n) is 4.53. The first-order chi connectivity index (χ1) is 15.1. The predicted octanol–water partition coefficient (Wildman–Crippen LogP) is 3.21. The molecule has 2 atom stereocenters. The number of aliphatic imine (C=N–C) groups is 1. The quantitative estimate of drug-likeness (QED) is 0.672. The molecule has 12 heteroatoms. The molecule has 0 spiro atoms. The van der Waals surface area contributed by atoms with Crippen LogP contribution in [0.3, 0.4) is 0 Å². The van der Waals surface area contributed by atoms with Gasteiger partial charge in [-0.15, -0.1) is 0 Å². The Hall–Kier alpha value is -3.17. The van der Waals surface area contributed by atoms with E-state index in [9.17, 15) is 18.0 Å². The zero-order valence-corrected chi connectivity index (χ0v) is 17.7. The van der Waals surface area contributed by atoms with Gasteiger partial charge >= 0.3 is 6.18 Å². The maximum absolute atomic E-state index is 12.4. The van der Waals surface area contributed by atoms with Gasteiger partial charge in [0.2, 0.25) is 0 Å². The lowest BCUT2D eigenvalue weighted by atomic mass is 9.91. The van der Waals surface area contributed by atoms with Crippen LogP contribution >= 0.6 is 11.8 Å². The summed E-state index contributed by atoms with van der Waals surface area (Å²) in [5.41, 5.74) is 6.40. The highest BCUT2D eigenvalue weighted by Crippen LogP contribution is 2.39. The topological polar surface area (TPSA) is 126 Å². The fourth-order valence-corrected chi connectivity index (χ4v) is 4.29. The molecule has 0 fully saturated rings. The van der Waals surface area contributed by atoms with Gasteiger partial charge in [-0.2, -0.15) is 18.4 Å². The summed E-state index contributed by atoms with van der Waals surface area (Å²) >= 11 is 1.16. The largest absolute Gasteiger partial charge is 0.411 e. The molecule has 3 N–H and O–H groups in total. The van der Waals surface area contributed by atoms with Crippen molar-refractivity contribution in [3.8, 4) is 6.07 Å². The SMILES string of the molecule is C[C@@]1(c2cc(NC(=O)c3ccc(C#N)cn3)ccn2)C[C@@H](COCC(F)(F)F)SC(N)=N1. The Labute approximate surface area is 186 Å². The van der Waals surface area contributed by atoms with E-state index in [1.54, 1.807) is 19.1 Å². The van der Waals surface area contributed by atoms with Crippen LogP contribution in [0.5, 0.6) is 0 Å². The highest BCUT2D eigenvalue weighted by molar-refractivity contribution is 8.14. The van der Waals surface area contributed by atoms with Gasteiger partial charge in [0.25, 0.3) is 5.91 Å². The average molecular weight is 464 g/mol. The van der Waals surface area contributed by atoms with Crippen LogP contribution in [-0.2, 0) is 10.3 Å². The van der Waals surface area contributed by atoms with E-state index in [1.165, 1.54) is 24.5 Å². The number of hydrogen-bond donors (Lipinski definition) is 2. The molecular weight excluding hydrogens is 445 g/mol. The minimum atomic E-state index is -4.40. The van der Waals surface area contributed by atoms with Crippen molar-refractivity contribution in [1.29, 1.82) is 5.26 Å². The number of nitrogens with zero attached hydrogens (tertiary/aromatic N) is 4. The van der Waals surface area contributed by atoms with Crippen molar-refractivity contribution in [3.05, 3.63) is 53.6 Å². The lowest BCUT2D eigenvalue weighted by Crippen LogP contribution is -2.36. The first kappa shape index (κ1) is 23.5. The van der Waals surface area contributed by atoms with Gasteiger partial charge in [-0.25, -0.2) is 9.98 Å². The van der Waals surface area contributed by atoms with Crippen molar-refractivity contribution in [3.63, 3.8) is 0 Å². The smallest absolute Gasteiger partial charge is 0.379 e. The molecule has 168 valence electrons. The second-order valence-corrected chi connectivity index (χ2v) is 8.55. The Kier molecular flexibility index (Phi) is 7.00. The van der Waals surface area contributed by atoms with Crippen LogP contribution in [0.2, 0.25) is 0 Å². The number of hydrogen-bond acceptors (Lipinski definition) is 8. The van der Waals surface area contributed by atoms with E-state index >= 15 is 0 Å². The number of carbonyl (C=O) groups excluding carboxylic acids is 1. The van der Waals surface area contributed by atoms with Crippen molar-refractivity contribution in [1.82, 2.24) is 9.97 Å². The second kappa shape index (κ2) is 9.54. The molecule has 1 aliphatic heterocycles. The molecule has 3 heterocycles. The molecule has 3 rings (SSSR count). The number of nitrogens with one attached hydrogen (secondary N) is 1. The van der Waals surface area contributed by atoms with Crippen LogP contribution in [0.15, 0.2) is 41.7 Å². The number of amidine groups is 1. The van der Waals surface area contributed by atoms with Crippen LogP contribution in [0.4, 0.5) is 18.9 Å². The first-order valence-corrected chi connectivity index (χ1v) is 10.3. The number of aromatic nitrogens is 2. The highest BCUT2D eigenvalue weighted by Gasteiger charge is 2.37. The van der Waals surface area contributed by atoms with Gasteiger partial charge in [0, 0.05) is 23.3 Å². The second-order valence-electron chi connectivity index (χ2n) is 7.23. The maximum Gasteiger partial charge on any atom is 0.411 e. The third kappa shape index (κ3) is 6.18. The summed E-state index contributed by atoms with van der Waals surface area (Å²) in [5.74, 6) is -0.475. The van der Waals surface area contributed by atoms with E-state index in [2.05, 4.69) is 20.3 Å². The summed E-state index contributed by atoms with van der Waals surface area (Å²) in [6.07, 6.45) is -1.27. The van der Waals surface area contributed by atoms with Crippen LogP contribution in [-0.4, -0.2) is 45.7 Å². The molecule has 0 saturated carbocycles. The van der Waals surface area contributed by atoms with E-state index in [4.69, 9.17) is 15.7 Å². The van der Waals surface area contributed by atoms with Crippen LogP contribution < -0.4 is 11.1 Å². The average Bonchev–Trinajstić information content (AvgIpc) is 2.72. The standard InChI is InChI=1S/C20H19F3N6O2S/c1-19(7-14(32-18(25)29-19)10-31-11-20(21,22)23)16-6-13(4-5-26-16)28-17(30)15-3-2-12(8-24)9-27-15/h2-6,9,14H,7,10-11H2,1H3,(H2,25,29)(H,26,28,30)/t14-,19-/m0/s1. The Morgan fingerprint density at radius 2 is 2.19 bits per heavy atom. The summed E-state index contributed by atoms with van der Waals surface area (Å²) in [5, 5.41) is 11.4. The van der Waals surface area contributed by atoms with Gasteiger partial charge in [0.15, 0.2) is 5.17 Å². The zero-order valence-electron chi connectivity index (χ0n) is 16.9. The molecule has 0 aliphatic carbocycles. The lowest BCUT2D eigenvalue weighted by Gasteiger charge is -2.33. The molecule has 0 bridgehead atoms. The minimum absolute atomic E-state index is 0.131. The number of nitrogens with two attached hydrogens (primary N) is 1. The number of ether oxygens (including phenoxy) is 1. The van der Waals surface area contributed by atoms with Crippen molar-refractivity contribution in [2.45, 2.75) is 30.3 Å². The number of carbonyl (C=O) groups is 1. The Morgan fingerprint density at radius 1 is 1.41 bits per heavy atom. The van der Waals surface area contributed by atoms with Gasteiger partial charge in [-0.1, -0.05) is 11.8 Å².